The summed E-state index contributed by atoms with van der Waals surface area (Å²) in [5.41, 5.74) is 3.75. The largest absolute Gasteiger partial charge is 0.497 e. The van der Waals surface area contributed by atoms with Crippen LogP contribution in [0.1, 0.15) is 5.56 Å². The molecule has 2 heterocycles. The number of H-pyrrole nitrogens is 1. The lowest BCUT2D eigenvalue weighted by molar-refractivity contribution is -0.115. The van der Waals surface area contributed by atoms with Crippen LogP contribution in [-0.2, 0) is 11.2 Å². The standard InChI is InChI=1S/C23H19FN4O2/c1-30-19-8-2-15(3-9-19)14-20(29)26-23-21(16-10-12-25-13-11-16)22(27-28-23)17-4-6-18(24)7-5-17/h2-13H,14H2,1H3,(H2,26,27,28,29). The van der Waals surface area contributed by atoms with E-state index in [1.807, 2.05) is 36.4 Å². The molecule has 2 N–H and O–H groups in total. The number of amides is 1. The van der Waals surface area contributed by atoms with Gasteiger partial charge in [0.05, 0.1) is 19.1 Å². The zero-order valence-electron chi connectivity index (χ0n) is 16.2. The van der Waals surface area contributed by atoms with Gasteiger partial charge in [-0.25, -0.2) is 4.39 Å². The summed E-state index contributed by atoms with van der Waals surface area (Å²) in [6, 6.07) is 17.0. The first-order chi connectivity index (χ1) is 14.6. The van der Waals surface area contributed by atoms with Crippen molar-refractivity contribution in [2.24, 2.45) is 0 Å². The summed E-state index contributed by atoms with van der Waals surface area (Å²) in [4.78, 5) is 16.7. The molecule has 0 fully saturated rings. The second-order valence-electron chi connectivity index (χ2n) is 6.64. The minimum Gasteiger partial charge on any atom is -0.497 e. The Morgan fingerprint density at radius 3 is 2.37 bits per heavy atom. The third-order valence-corrected chi connectivity index (χ3v) is 4.64. The number of pyridine rings is 1. The molecule has 4 aromatic rings. The smallest absolute Gasteiger partial charge is 0.229 e. The summed E-state index contributed by atoms with van der Waals surface area (Å²) in [5.74, 6) is 0.688. The molecule has 0 bridgehead atoms. The van der Waals surface area contributed by atoms with E-state index >= 15 is 0 Å². The highest BCUT2D eigenvalue weighted by molar-refractivity contribution is 5.98. The summed E-state index contributed by atoms with van der Waals surface area (Å²) >= 11 is 0. The van der Waals surface area contributed by atoms with Crippen molar-refractivity contribution in [3.63, 3.8) is 0 Å². The van der Waals surface area contributed by atoms with E-state index in [0.717, 1.165) is 22.4 Å². The van der Waals surface area contributed by atoms with E-state index in [-0.39, 0.29) is 18.1 Å². The van der Waals surface area contributed by atoms with Crippen molar-refractivity contribution in [3.8, 4) is 28.1 Å². The van der Waals surface area contributed by atoms with E-state index in [4.69, 9.17) is 4.74 Å². The molecule has 0 aliphatic heterocycles. The second kappa shape index (κ2) is 8.57. The van der Waals surface area contributed by atoms with E-state index in [2.05, 4.69) is 20.5 Å². The van der Waals surface area contributed by atoms with Crippen LogP contribution in [0.4, 0.5) is 10.2 Å². The number of nitrogens with zero attached hydrogens (tertiary/aromatic N) is 2. The van der Waals surface area contributed by atoms with Gasteiger partial charge in [-0.3, -0.25) is 14.9 Å². The highest BCUT2D eigenvalue weighted by atomic mass is 19.1. The quantitative estimate of drug-likeness (QED) is 0.499. The molecule has 2 aromatic carbocycles. The lowest BCUT2D eigenvalue weighted by atomic mass is 10.0. The zero-order valence-corrected chi connectivity index (χ0v) is 16.2. The number of aromatic nitrogens is 3. The van der Waals surface area contributed by atoms with Crippen LogP contribution in [0.3, 0.4) is 0 Å². The number of carbonyl (C=O) groups is 1. The van der Waals surface area contributed by atoms with Crippen molar-refractivity contribution in [3.05, 3.63) is 84.4 Å². The van der Waals surface area contributed by atoms with Crippen molar-refractivity contribution in [2.45, 2.75) is 6.42 Å². The van der Waals surface area contributed by atoms with Crippen LogP contribution in [0.25, 0.3) is 22.4 Å². The maximum atomic E-state index is 13.4. The molecular formula is C23H19FN4O2. The monoisotopic (exact) mass is 402 g/mol. The molecular weight excluding hydrogens is 383 g/mol. The highest BCUT2D eigenvalue weighted by Crippen LogP contribution is 2.36. The van der Waals surface area contributed by atoms with Gasteiger partial charge in [-0.1, -0.05) is 12.1 Å². The molecule has 1 amide bonds. The fraction of sp³-hybridized carbons (Fsp3) is 0.0870. The Balaban J connectivity index is 1.64. The number of halogens is 1. The summed E-state index contributed by atoms with van der Waals surface area (Å²) < 4.78 is 18.5. The van der Waals surface area contributed by atoms with Gasteiger partial charge in [0.1, 0.15) is 23.1 Å². The van der Waals surface area contributed by atoms with E-state index in [0.29, 0.717) is 17.1 Å². The normalized spacial score (nSPS) is 10.6. The lowest BCUT2D eigenvalue weighted by Gasteiger charge is -2.09. The second-order valence-corrected chi connectivity index (χ2v) is 6.64. The molecule has 0 radical (unpaired) electrons. The molecule has 150 valence electrons. The molecule has 0 atom stereocenters. The number of aromatic amines is 1. The lowest BCUT2D eigenvalue weighted by Crippen LogP contribution is -2.15. The fourth-order valence-corrected chi connectivity index (χ4v) is 3.16. The number of hydrogen-bond acceptors (Lipinski definition) is 4. The predicted octanol–water partition coefficient (Wildman–Crippen LogP) is 4.47. The average Bonchev–Trinajstić information content (AvgIpc) is 3.18. The molecule has 30 heavy (non-hydrogen) atoms. The van der Waals surface area contributed by atoms with E-state index < -0.39 is 0 Å². The van der Waals surface area contributed by atoms with Gasteiger partial charge in [0.2, 0.25) is 5.91 Å². The van der Waals surface area contributed by atoms with Crippen LogP contribution in [-0.4, -0.2) is 28.2 Å². The maximum Gasteiger partial charge on any atom is 0.229 e. The Bertz CT molecular complexity index is 1140. The highest BCUT2D eigenvalue weighted by Gasteiger charge is 2.19. The Morgan fingerprint density at radius 2 is 1.70 bits per heavy atom. The first-order valence-electron chi connectivity index (χ1n) is 9.31. The van der Waals surface area contributed by atoms with E-state index in [1.54, 1.807) is 31.6 Å². The third kappa shape index (κ3) is 4.20. The minimum absolute atomic E-state index is 0.190. The first-order valence-corrected chi connectivity index (χ1v) is 9.31. The van der Waals surface area contributed by atoms with Gasteiger partial charge in [-0.15, -0.1) is 0 Å². The van der Waals surface area contributed by atoms with Crippen LogP contribution >= 0.6 is 0 Å². The van der Waals surface area contributed by atoms with Gasteiger partial charge in [0.15, 0.2) is 0 Å². The Labute approximate surface area is 172 Å². The van der Waals surface area contributed by atoms with Crippen LogP contribution in [0.5, 0.6) is 5.75 Å². The summed E-state index contributed by atoms with van der Waals surface area (Å²) in [7, 11) is 1.60. The number of methoxy groups -OCH3 is 1. The number of rotatable bonds is 6. The fourth-order valence-electron chi connectivity index (χ4n) is 3.16. The Morgan fingerprint density at radius 1 is 1.00 bits per heavy atom. The molecule has 2 aromatic heterocycles. The number of benzene rings is 2. The summed E-state index contributed by atoms with van der Waals surface area (Å²) in [6.07, 6.45) is 3.53. The topological polar surface area (TPSA) is 79.9 Å². The van der Waals surface area contributed by atoms with Crippen LogP contribution in [0.15, 0.2) is 73.1 Å². The van der Waals surface area contributed by atoms with Gasteiger partial charge >= 0.3 is 0 Å². The SMILES string of the molecule is COc1ccc(CC(=O)Nc2[nH]nc(-c3ccc(F)cc3)c2-c2ccncc2)cc1. The Hall–Kier alpha value is -4.00. The molecule has 0 aliphatic carbocycles. The van der Waals surface area contributed by atoms with Crippen LogP contribution < -0.4 is 10.1 Å². The Kier molecular flexibility index (Phi) is 5.52. The van der Waals surface area contributed by atoms with Crippen molar-refractivity contribution in [1.29, 1.82) is 0 Å². The van der Waals surface area contributed by atoms with E-state index in [9.17, 15) is 9.18 Å². The van der Waals surface area contributed by atoms with Gasteiger partial charge in [-0.2, -0.15) is 5.10 Å². The molecule has 0 spiro atoms. The average molecular weight is 402 g/mol. The number of anilines is 1. The first kappa shape index (κ1) is 19.3. The number of hydrogen-bond donors (Lipinski definition) is 2. The number of ether oxygens (including phenoxy) is 1. The van der Waals surface area contributed by atoms with Gasteiger partial charge in [0, 0.05) is 18.0 Å². The predicted molar refractivity (Wildman–Crippen MR) is 113 cm³/mol. The number of carbonyl (C=O) groups excluding carboxylic acids is 1. The molecule has 0 saturated carbocycles. The number of nitrogens with one attached hydrogen (secondary N) is 2. The molecule has 0 aliphatic rings. The third-order valence-electron chi connectivity index (χ3n) is 4.64. The van der Waals surface area contributed by atoms with E-state index in [1.165, 1.54) is 12.1 Å². The van der Waals surface area contributed by atoms with Crippen molar-refractivity contribution in [1.82, 2.24) is 15.2 Å². The molecule has 6 nitrogen and oxygen atoms in total. The van der Waals surface area contributed by atoms with Crippen molar-refractivity contribution in [2.75, 3.05) is 12.4 Å². The van der Waals surface area contributed by atoms with Crippen LogP contribution in [0.2, 0.25) is 0 Å². The molecule has 0 saturated heterocycles. The molecule has 0 unspecified atom stereocenters. The minimum atomic E-state index is -0.326. The summed E-state index contributed by atoms with van der Waals surface area (Å²) in [5, 5.41) is 10.2. The van der Waals surface area contributed by atoms with Gasteiger partial charge < -0.3 is 10.1 Å². The van der Waals surface area contributed by atoms with Gasteiger partial charge in [0.25, 0.3) is 0 Å². The zero-order chi connectivity index (χ0) is 20.9. The molecule has 4 rings (SSSR count). The van der Waals surface area contributed by atoms with Crippen LogP contribution in [0, 0.1) is 5.82 Å². The van der Waals surface area contributed by atoms with Gasteiger partial charge in [-0.05, 0) is 59.7 Å². The molecule has 7 heteroatoms. The van der Waals surface area contributed by atoms with Crippen molar-refractivity contribution >= 4 is 11.7 Å². The van der Waals surface area contributed by atoms with Crippen molar-refractivity contribution < 1.29 is 13.9 Å². The summed E-state index contributed by atoms with van der Waals surface area (Å²) in [6.45, 7) is 0. The maximum absolute atomic E-state index is 13.4.